The van der Waals surface area contributed by atoms with E-state index in [0.29, 0.717) is 12.4 Å². The number of hydrogen-bond acceptors (Lipinski definition) is 4. The highest BCUT2D eigenvalue weighted by molar-refractivity contribution is 5.88. The summed E-state index contributed by atoms with van der Waals surface area (Å²) in [6.45, 7) is 2.38. The Morgan fingerprint density at radius 1 is 1.19 bits per heavy atom. The van der Waals surface area contributed by atoms with Crippen molar-refractivity contribution in [1.29, 1.82) is 0 Å². The van der Waals surface area contributed by atoms with Crippen molar-refractivity contribution in [2.45, 2.75) is 25.7 Å². The first-order chi connectivity index (χ1) is 13.1. The SMILES string of the molecule is CC(OC1c2ccccc2COc2ccc(C(=O)O)cc21)c1cccnc1. The lowest BCUT2D eigenvalue weighted by Gasteiger charge is -2.24. The van der Waals surface area contributed by atoms with Crippen LogP contribution in [0.3, 0.4) is 0 Å². The number of nitrogens with zero attached hydrogens (tertiary/aromatic N) is 1. The summed E-state index contributed by atoms with van der Waals surface area (Å²) in [6.07, 6.45) is 2.84. The molecular formula is C22H19NO4. The predicted octanol–water partition coefficient (Wildman–Crippen LogP) is 4.54. The highest BCUT2D eigenvalue weighted by Crippen LogP contribution is 2.41. The molecule has 0 bridgehead atoms. The molecule has 1 aliphatic heterocycles. The molecule has 0 amide bonds. The summed E-state index contributed by atoms with van der Waals surface area (Å²) in [4.78, 5) is 15.6. The molecule has 5 nitrogen and oxygen atoms in total. The largest absolute Gasteiger partial charge is 0.488 e. The number of aromatic nitrogens is 1. The third-order valence-corrected chi connectivity index (χ3v) is 4.75. The molecule has 2 heterocycles. The molecule has 0 saturated carbocycles. The molecule has 2 aromatic carbocycles. The fourth-order valence-electron chi connectivity index (χ4n) is 3.31. The molecule has 3 aromatic rings. The van der Waals surface area contributed by atoms with Crippen LogP contribution in [0.2, 0.25) is 0 Å². The second-order valence-corrected chi connectivity index (χ2v) is 6.49. The van der Waals surface area contributed by atoms with E-state index in [0.717, 1.165) is 22.3 Å². The summed E-state index contributed by atoms with van der Waals surface area (Å²) in [6, 6.07) is 16.7. The van der Waals surface area contributed by atoms with Crippen LogP contribution in [0.1, 0.15) is 51.7 Å². The van der Waals surface area contributed by atoms with Crippen LogP contribution in [-0.4, -0.2) is 16.1 Å². The Labute approximate surface area is 157 Å². The topological polar surface area (TPSA) is 68.7 Å². The summed E-state index contributed by atoms with van der Waals surface area (Å²) < 4.78 is 12.4. The fourth-order valence-corrected chi connectivity index (χ4v) is 3.31. The van der Waals surface area contributed by atoms with Gasteiger partial charge in [0.05, 0.1) is 11.7 Å². The van der Waals surface area contributed by atoms with Gasteiger partial charge in [0, 0.05) is 18.0 Å². The third kappa shape index (κ3) is 3.41. The highest BCUT2D eigenvalue weighted by atomic mass is 16.5. The Morgan fingerprint density at radius 2 is 2.04 bits per heavy atom. The number of rotatable bonds is 4. The van der Waals surface area contributed by atoms with Gasteiger partial charge in [-0.25, -0.2) is 4.79 Å². The van der Waals surface area contributed by atoms with Crippen LogP contribution in [0.25, 0.3) is 0 Å². The summed E-state index contributed by atoms with van der Waals surface area (Å²) in [5.74, 6) is -0.339. The predicted molar refractivity (Wildman–Crippen MR) is 99.8 cm³/mol. The van der Waals surface area contributed by atoms with Crippen LogP contribution in [0.15, 0.2) is 67.0 Å². The zero-order valence-corrected chi connectivity index (χ0v) is 14.8. The molecule has 0 fully saturated rings. The van der Waals surface area contributed by atoms with Crippen molar-refractivity contribution in [3.63, 3.8) is 0 Å². The summed E-state index contributed by atoms with van der Waals surface area (Å²) in [7, 11) is 0. The van der Waals surface area contributed by atoms with Crippen molar-refractivity contribution in [2.24, 2.45) is 0 Å². The van der Waals surface area contributed by atoms with Crippen molar-refractivity contribution in [3.8, 4) is 5.75 Å². The molecule has 2 atom stereocenters. The summed E-state index contributed by atoms with van der Waals surface area (Å²) in [5.41, 5.74) is 3.88. The Balaban J connectivity index is 1.80. The van der Waals surface area contributed by atoms with E-state index < -0.39 is 12.1 Å². The molecule has 0 saturated heterocycles. The lowest BCUT2D eigenvalue weighted by atomic mass is 9.95. The maximum atomic E-state index is 11.5. The van der Waals surface area contributed by atoms with E-state index in [1.807, 2.05) is 43.3 Å². The van der Waals surface area contributed by atoms with E-state index in [4.69, 9.17) is 9.47 Å². The van der Waals surface area contributed by atoms with E-state index in [2.05, 4.69) is 4.98 Å². The van der Waals surface area contributed by atoms with Crippen molar-refractivity contribution >= 4 is 5.97 Å². The van der Waals surface area contributed by atoms with E-state index >= 15 is 0 Å². The third-order valence-electron chi connectivity index (χ3n) is 4.75. The van der Waals surface area contributed by atoms with E-state index in [-0.39, 0.29) is 11.7 Å². The van der Waals surface area contributed by atoms with Gasteiger partial charge < -0.3 is 14.6 Å². The van der Waals surface area contributed by atoms with Gasteiger partial charge in [0.15, 0.2) is 0 Å². The zero-order chi connectivity index (χ0) is 18.8. The normalized spacial score (nSPS) is 16.4. The quantitative estimate of drug-likeness (QED) is 0.739. The minimum atomic E-state index is -0.977. The lowest BCUT2D eigenvalue weighted by Crippen LogP contribution is -2.11. The van der Waals surface area contributed by atoms with Crippen molar-refractivity contribution < 1.29 is 19.4 Å². The van der Waals surface area contributed by atoms with Gasteiger partial charge in [-0.2, -0.15) is 0 Å². The fraction of sp³-hybridized carbons (Fsp3) is 0.182. The van der Waals surface area contributed by atoms with Crippen LogP contribution in [0.5, 0.6) is 5.75 Å². The molecule has 1 aliphatic rings. The van der Waals surface area contributed by atoms with Crippen LogP contribution in [0.4, 0.5) is 0 Å². The first kappa shape index (κ1) is 17.2. The zero-order valence-electron chi connectivity index (χ0n) is 14.8. The standard InChI is InChI=1S/C22H19NO4/c1-14(16-6-4-10-23-12-16)27-21-18-7-3-2-5-17(18)13-26-20-9-8-15(22(24)25)11-19(20)21/h2-12,14,21H,13H2,1H3,(H,24,25). The molecular weight excluding hydrogens is 342 g/mol. The van der Waals surface area contributed by atoms with Crippen molar-refractivity contribution in [3.05, 3.63) is 94.8 Å². The molecule has 1 aromatic heterocycles. The van der Waals surface area contributed by atoms with Crippen molar-refractivity contribution in [1.82, 2.24) is 4.98 Å². The van der Waals surface area contributed by atoms with Gasteiger partial charge in [0.2, 0.25) is 0 Å². The molecule has 1 N–H and O–H groups in total. The number of carboxylic acid groups (broad SMARTS) is 1. The van der Waals surface area contributed by atoms with Gasteiger partial charge >= 0.3 is 5.97 Å². The van der Waals surface area contributed by atoms with Crippen molar-refractivity contribution in [2.75, 3.05) is 0 Å². The van der Waals surface area contributed by atoms with Gasteiger partial charge in [-0.05, 0) is 47.9 Å². The molecule has 5 heteroatoms. The Bertz CT molecular complexity index is 971. The molecule has 0 aliphatic carbocycles. The van der Waals surface area contributed by atoms with E-state index in [1.165, 1.54) is 0 Å². The number of hydrogen-bond donors (Lipinski definition) is 1. The number of ether oxygens (including phenoxy) is 2. The smallest absolute Gasteiger partial charge is 0.335 e. The van der Waals surface area contributed by atoms with E-state index in [9.17, 15) is 9.90 Å². The summed E-state index contributed by atoms with van der Waals surface area (Å²) >= 11 is 0. The number of carbonyl (C=O) groups is 1. The molecule has 0 spiro atoms. The van der Waals surface area contributed by atoms with Gasteiger partial charge in [0.1, 0.15) is 18.5 Å². The number of benzene rings is 2. The van der Waals surface area contributed by atoms with Crippen LogP contribution >= 0.6 is 0 Å². The van der Waals surface area contributed by atoms with Gasteiger partial charge in [-0.3, -0.25) is 4.98 Å². The number of aromatic carboxylic acids is 1. The highest BCUT2D eigenvalue weighted by Gasteiger charge is 2.28. The van der Waals surface area contributed by atoms with Crippen LogP contribution in [0, 0.1) is 0 Å². The van der Waals surface area contributed by atoms with Crippen LogP contribution in [-0.2, 0) is 11.3 Å². The Hall–Kier alpha value is -3.18. The molecule has 2 unspecified atom stereocenters. The number of pyridine rings is 1. The first-order valence-electron chi connectivity index (χ1n) is 8.76. The maximum absolute atomic E-state index is 11.5. The van der Waals surface area contributed by atoms with E-state index in [1.54, 1.807) is 30.6 Å². The average molecular weight is 361 g/mol. The minimum Gasteiger partial charge on any atom is -0.488 e. The number of carboxylic acids is 1. The second-order valence-electron chi connectivity index (χ2n) is 6.49. The Morgan fingerprint density at radius 3 is 2.81 bits per heavy atom. The molecule has 27 heavy (non-hydrogen) atoms. The first-order valence-corrected chi connectivity index (χ1v) is 8.76. The van der Waals surface area contributed by atoms with Gasteiger partial charge in [-0.15, -0.1) is 0 Å². The molecule has 0 radical (unpaired) electrons. The Kier molecular flexibility index (Phi) is 4.60. The lowest BCUT2D eigenvalue weighted by molar-refractivity contribution is 0.0176. The van der Waals surface area contributed by atoms with Crippen LogP contribution < -0.4 is 4.74 Å². The van der Waals surface area contributed by atoms with Gasteiger partial charge in [0.25, 0.3) is 0 Å². The molecule has 136 valence electrons. The monoisotopic (exact) mass is 361 g/mol. The summed E-state index contributed by atoms with van der Waals surface area (Å²) in [5, 5.41) is 9.41. The number of fused-ring (bicyclic) bond motifs is 2. The molecule has 4 rings (SSSR count). The second kappa shape index (κ2) is 7.21. The average Bonchev–Trinajstić information content (AvgIpc) is 2.85. The maximum Gasteiger partial charge on any atom is 0.335 e. The minimum absolute atomic E-state index is 0.208. The van der Waals surface area contributed by atoms with Gasteiger partial charge in [-0.1, -0.05) is 30.3 Å².